The lowest BCUT2D eigenvalue weighted by molar-refractivity contribution is 0.283. The van der Waals surface area contributed by atoms with E-state index in [4.69, 9.17) is 4.98 Å². The van der Waals surface area contributed by atoms with E-state index in [2.05, 4.69) is 12.0 Å². The molecule has 4 heteroatoms. The predicted molar refractivity (Wildman–Crippen MR) is 79.3 cm³/mol. The summed E-state index contributed by atoms with van der Waals surface area (Å²) < 4.78 is 1.90. The summed E-state index contributed by atoms with van der Waals surface area (Å²) in [5.74, 6) is 0. The van der Waals surface area contributed by atoms with E-state index in [1.807, 2.05) is 48.1 Å². The molecule has 0 saturated heterocycles. The smallest absolute Gasteiger partial charge is 0.0747 e. The summed E-state index contributed by atoms with van der Waals surface area (Å²) in [7, 11) is 0. The van der Waals surface area contributed by atoms with E-state index in [0.29, 0.717) is 0 Å². The van der Waals surface area contributed by atoms with Gasteiger partial charge >= 0.3 is 0 Å². The van der Waals surface area contributed by atoms with E-state index in [1.165, 1.54) is 0 Å². The summed E-state index contributed by atoms with van der Waals surface area (Å²) in [6, 6.07) is 9.83. The molecule has 3 rings (SSSR count). The molecule has 0 atom stereocenters. The zero-order chi connectivity index (χ0) is 14.1. The van der Waals surface area contributed by atoms with Crippen LogP contribution in [0.2, 0.25) is 0 Å². The van der Waals surface area contributed by atoms with Crippen molar-refractivity contribution in [1.82, 2.24) is 14.8 Å². The monoisotopic (exact) mass is 267 g/mol. The minimum atomic E-state index is 0.0109. The average molecular weight is 267 g/mol. The number of fused-ring (bicyclic) bond motifs is 1. The number of hydrogen-bond acceptors (Lipinski definition) is 3. The molecule has 0 fully saturated rings. The molecule has 2 aromatic heterocycles. The van der Waals surface area contributed by atoms with Crippen LogP contribution < -0.4 is 0 Å². The number of hydrogen-bond donors (Lipinski definition) is 1. The van der Waals surface area contributed by atoms with Crippen LogP contribution in [0.15, 0.2) is 36.5 Å². The molecule has 2 heterocycles. The van der Waals surface area contributed by atoms with Gasteiger partial charge < -0.3 is 5.11 Å². The third-order valence-electron chi connectivity index (χ3n) is 3.52. The van der Waals surface area contributed by atoms with Crippen molar-refractivity contribution in [2.45, 2.75) is 27.0 Å². The molecule has 0 radical (unpaired) electrons. The Balaban J connectivity index is 2.23. The summed E-state index contributed by atoms with van der Waals surface area (Å²) >= 11 is 0. The van der Waals surface area contributed by atoms with Crippen LogP contribution in [-0.4, -0.2) is 19.9 Å². The van der Waals surface area contributed by atoms with Crippen molar-refractivity contribution in [1.29, 1.82) is 0 Å². The fourth-order valence-electron chi connectivity index (χ4n) is 2.45. The number of aromatic nitrogens is 3. The lowest BCUT2D eigenvalue weighted by Gasteiger charge is -2.07. The Morgan fingerprint density at radius 3 is 2.75 bits per heavy atom. The molecule has 20 heavy (non-hydrogen) atoms. The van der Waals surface area contributed by atoms with Gasteiger partial charge in [0.2, 0.25) is 0 Å². The molecule has 0 amide bonds. The minimum Gasteiger partial charge on any atom is -0.392 e. The van der Waals surface area contributed by atoms with Crippen molar-refractivity contribution in [3.63, 3.8) is 0 Å². The number of benzene rings is 1. The molecule has 4 nitrogen and oxygen atoms in total. The second kappa shape index (κ2) is 5.06. The van der Waals surface area contributed by atoms with Gasteiger partial charge in [-0.25, -0.2) is 4.98 Å². The van der Waals surface area contributed by atoms with Crippen LogP contribution in [0.25, 0.3) is 22.2 Å². The van der Waals surface area contributed by atoms with Gasteiger partial charge in [-0.3, -0.25) is 4.68 Å². The third kappa shape index (κ3) is 2.08. The maximum absolute atomic E-state index is 9.58. The molecular formula is C16H17N3O. The maximum Gasteiger partial charge on any atom is 0.0747 e. The topological polar surface area (TPSA) is 50.9 Å². The van der Waals surface area contributed by atoms with Crippen molar-refractivity contribution < 1.29 is 5.11 Å². The second-order valence-corrected chi connectivity index (χ2v) is 4.83. The van der Waals surface area contributed by atoms with Crippen LogP contribution in [0.4, 0.5) is 0 Å². The minimum absolute atomic E-state index is 0.0109. The number of aryl methyl sites for hydroxylation is 2. The molecule has 0 spiro atoms. The Hall–Kier alpha value is -2.20. The van der Waals surface area contributed by atoms with Crippen molar-refractivity contribution >= 4 is 10.9 Å². The van der Waals surface area contributed by atoms with Gasteiger partial charge in [-0.1, -0.05) is 18.2 Å². The van der Waals surface area contributed by atoms with Crippen LogP contribution in [0.1, 0.15) is 18.2 Å². The highest BCUT2D eigenvalue weighted by Gasteiger charge is 2.11. The van der Waals surface area contributed by atoms with Crippen LogP contribution in [0.3, 0.4) is 0 Å². The summed E-state index contributed by atoms with van der Waals surface area (Å²) in [4.78, 5) is 4.70. The molecule has 1 N–H and O–H groups in total. The highest BCUT2D eigenvalue weighted by molar-refractivity contribution is 5.85. The first-order chi connectivity index (χ1) is 9.72. The van der Waals surface area contributed by atoms with Crippen LogP contribution in [0, 0.1) is 6.92 Å². The van der Waals surface area contributed by atoms with E-state index in [9.17, 15) is 5.11 Å². The summed E-state index contributed by atoms with van der Waals surface area (Å²) in [5, 5.41) is 15.0. The standard InChI is InChI=1S/C16H17N3O/c1-3-19-9-14(11(2)18-19)16-8-12(10-20)13-6-4-5-7-15(13)17-16/h4-9,20H,3,10H2,1-2H3. The zero-order valence-electron chi connectivity index (χ0n) is 11.7. The SMILES string of the molecule is CCn1cc(-c2cc(CO)c3ccccc3n2)c(C)n1. The van der Waals surface area contributed by atoms with Crippen LogP contribution in [-0.2, 0) is 13.2 Å². The van der Waals surface area contributed by atoms with Crippen molar-refractivity contribution in [2.24, 2.45) is 0 Å². The van der Waals surface area contributed by atoms with Gasteiger partial charge in [0, 0.05) is 23.7 Å². The number of rotatable bonds is 3. The number of aliphatic hydroxyl groups is 1. The number of pyridine rings is 1. The molecule has 0 aliphatic rings. The lowest BCUT2D eigenvalue weighted by atomic mass is 10.1. The molecule has 0 aliphatic carbocycles. The molecule has 3 aromatic rings. The van der Waals surface area contributed by atoms with E-state index < -0.39 is 0 Å². The quantitative estimate of drug-likeness (QED) is 0.793. The van der Waals surface area contributed by atoms with Gasteiger partial charge in [-0.2, -0.15) is 5.10 Å². The molecule has 0 saturated carbocycles. The number of aliphatic hydroxyl groups excluding tert-OH is 1. The Morgan fingerprint density at radius 1 is 1.25 bits per heavy atom. The molecule has 102 valence electrons. The fourth-order valence-corrected chi connectivity index (χ4v) is 2.45. The van der Waals surface area contributed by atoms with Gasteiger partial charge in [0.15, 0.2) is 0 Å². The first kappa shape index (κ1) is 12.8. The van der Waals surface area contributed by atoms with Gasteiger partial charge in [0.05, 0.1) is 23.5 Å². The highest BCUT2D eigenvalue weighted by atomic mass is 16.3. The molecule has 0 aliphatic heterocycles. The Morgan fingerprint density at radius 2 is 2.05 bits per heavy atom. The van der Waals surface area contributed by atoms with Gasteiger partial charge in [-0.05, 0) is 31.5 Å². The van der Waals surface area contributed by atoms with Crippen LogP contribution >= 0.6 is 0 Å². The Kier molecular flexibility index (Phi) is 3.24. The predicted octanol–water partition coefficient (Wildman–Crippen LogP) is 2.92. The van der Waals surface area contributed by atoms with Crippen molar-refractivity contribution in [3.05, 3.63) is 47.8 Å². The van der Waals surface area contributed by atoms with Gasteiger partial charge in [0.1, 0.15) is 0 Å². The van der Waals surface area contributed by atoms with E-state index in [0.717, 1.165) is 40.0 Å². The van der Waals surface area contributed by atoms with E-state index in [1.54, 1.807) is 0 Å². The lowest BCUT2D eigenvalue weighted by Crippen LogP contribution is -1.93. The molecule has 0 unspecified atom stereocenters. The number of nitrogens with zero attached hydrogens (tertiary/aromatic N) is 3. The van der Waals surface area contributed by atoms with E-state index in [-0.39, 0.29) is 6.61 Å². The molecule has 1 aromatic carbocycles. The van der Waals surface area contributed by atoms with Crippen LogP contribution in [0.5, 0.6) is 0 Å². The van der Waals surface area contributed by atoms with Crippen molar-refractivity contribution in [2.75, 3.05) is 0 Å². The maximum atomic E-state index is 9.58. The first-order valence-corrected chi connectivity index (χ1v) is 6.77. The Labute approximate surface area is 117 Å². The summed E-state index contributed by atoms with van der Waals surface area (Å²) in [5.41, 5.74) is 4.64. The zero-order valence-corrected chi connectivity index (χ0v) is 11.7. The van der Waals surface area contributed by atoms with Gasteiger partial charge in [-0.15, -0.1) is 0 Å². The molecule has 0 bridgehead atoms. The number of para-hydroxylation sites is 1. The van der Waals surface area contributed by atoms with Gasteiger partial charge in [0.25, 0.3) is 0 Å². The first-order valence-electron chi connectivity index (χ1n) is 6.77. The second-order valence-electron chi connectivity index (χ2n) is 4.83. The third-order valence-corrected chi connectivity index (χ3v) is 3.52. The molecular weight excluding hydrogens is 250 g/mol. The highest BCUT2D eigenvalue weighted by Crippen LogP contribution is 2.26. The van der Waals surface area contributed by atoms with E-state index >= 15 is 0 Å². The summed E-state index contributed by atoms with van der Waals surface area (Å²) in [6.45, 7) is 4.89. The largest absolute Gasteiger partial charge is 0.392 e. The Bertz CT molecular complexity index is 762. The normalized spacial score (nSPS) is 11.2. The van der Waals surface area contributed by atoms with Crippen molar-refractivity contribution in [3.8, 4) is 11.3 Å². The average Bonchev–Trinajstić information content (AvgIpc) is 2.87. The summed E-state index contributed by atoms with van der Waals surface area (Å²) in [6.07, 6.45) is 2.01. The fraction of sp³-hybridized carbons (Fsp3) is 0.250.